The summed E-state index contributed by atoms with van der Waals surface area (Å²) in [6.45, 7) is 0. The van der Waals surface area contributed by atoms with E-state index in [9.17, 15) is 19.8 Å². The summed E-state index contributed by atoms with van der Waals surface area (Å²) in [7, 11) is 2.63. The number of carbonyl (C=O) groups is 2. The third kappa shape index (κ3) is 3.77. The summed E-state index contributed by atoms with van der Waals surface area (Å²) in [4.78, 5) is 22.0. The molecule has 6 nitrogen and oxygen atoms in total. The van der Waals surface area contributed by atoms with Crippen LogP contribution in [0.4, 0.5) is 0 Å². The summed E-state index contributed by atoms with van der Waals surface area (Å²) in [5, 5.41) is 19.7. The smallest absolute Gasteiger partial charge is 0.308 e. The van der Waals surface area contributed by atoms with Crippen molar-refractivity contribution in [2.75, 3.05) is 14.2 Å². The molecule has 0 aliphatic carbocycles. The van der Waals surface area contributed by atoms with Crippen LogP contribution in [0.25, 0.3) is 0 Å². The highest BCUT2D eigenvalue weighted by Crippen LogP contribution is 2.26. The molecule has 0 fully saturated rings. The molecule has 6 heteroatoms. The Balaban J connectivity index is 2.99. The van der Waals surface area contributed by atoms with Gasteiger partial charge in [0.05, 0.1) is 26.7 Å². The van der Waals surface area contributed by atoms with Crippen molar-refractivity contribution in [3.63, 3.8) is 0 Å². The van der Waals surface area contributed by atoms with Crippen LogP contribution in [0.3, 0.4) is 0 Å². The van der Waals surface area contributed by atoms with Crippen LogP contribution >= 0.6 is 0 Å². The van der Waals surface area contributed by atoms with Gasteiger partial charge in [0.2, 0.25) is 0 Å². The Morgan fingerprint density at radius 1 is 1.37 bits per heavy atom. The highest BCUT2D eigenvalue weighted by Gasteiger charge is 2.24. The lowest BCUT2D eigenvalue weighted by molar-refractivity contribution is -0.144. The Labute approximate surface area is 110 Å². The molecule has 0 spiro atoms. The van der Waals surface area contributed by atoms with E-state index in [1.165, 1.54) is 26.4 Å². The molecule has 104 valence electrons. The Morgan fingerprint density at radius 2 is 2.05 bits per heavy atom. The number of aliphatic hydroxyl groups excluding tert-OH is 2. The number of carbonyl (C=O) groups excluding carboxylic acids is 2. The molecule has 0 heterocycles. The summed E-state index contributed by atoms with van der Waals surface area (Å²) in [5.74, 6) is -0.216. The van der Waals surface area contributed by atoms with Crippen LogP contribution < -0.4 is 4.74 Å². The van der Waals surface area contributed by atoms with E-state index in [0.29, 0.717) is 12.0 Å². The van der Waals surface area contributed by atoms with E-state index in [2.05, 4.69) is 4.74 Å². The molecule has 1 rings (SSSR count). The minimum Gasteiger partial charge on any atom is -0.497 e. The molecule has 0 bridgehead atoms. The molecule has 0 aliphatic heterocycles. The molecule has 1 aromatic rings. The highest BCUT2D eigenvalue weighted by atomic mass is 16.5. The van der Waals surface area contributed by atoms with Gasteiger partial charge in [0, 0.05) is 5.56 Å². The summed E-state index contributed by atoms with van der Waals surface area (Å²) >= 11 is 0. The largest absolute Gasteiger partial charge is 0.497 e. The molecule has 1 aromatic carbocycles. The van der Waals surface area contributed by atoms with Crippen molar-refractivity contribution in [2.45, 2.75) is 18.6 Å². The number of aliphatic hydroxyl groups is 2. The Bertz CT molecular complexity index is 456. The number of hydrogen-bond donors (Lipinski definition) is 2. The third-order valence-electron chi connectivity index (χ3n) is 2.71. The van der Waals surface area contributed by atoms with Gasteiger partial charge in [-0.05, 0) is 23.8 Å². The molecule has 0 aromatic heterocycles. The minimum atomic E-state index is -1.38. The van der Waals surface area contributed by atoms with Gasteiger partial charge in [0.15, 0.2) is 0 Å². The van der Waals surface area contributed by atoms with Crippen LogP contribution in [0.5, 0.6) is 5.75 Å². The lowest BCUT2D eigenvalue weighted by Crippen LogP contribution is -2.23. The molecule has 0 saturated heterocycles. The van der Waals surface area contributed by atoms with Gasteiger partial charge in [-0.2, -0.15) is 0 Å². The summed E-state index contributed by atoms with van der Waals surface area (Å²) in [6, 6.07) is 4.47. The van der Waals surface area contributed by atoms with E-state index in [0.717, 1.165) is 0 Å². The van der Waals surface area contributed by atoms with Gasteiger partial charge < -0.3 is 19.7 Å². The van der Waals surface area contributed by atoms with Crippen LogP contribution in [0.15, 0.2) is 18.2 Å². The molecule has 2 unspecified atom stereocenters. The van der Waals surface area contributed by atoms with E-state index >= 15 is 0 Å². The zero-order valence-corrected chi connectivity index (χ0v) is 10.7. The van der Waals surface area contributed by atoms with Gasteiger partial charge in [0.1, 0.15) is 18.1 Å². The van der Waals surface area contributed by atoms with E-state index in [4.69, 9.17) is 4.74 Å². The van der Waals surface area contributed by atoms with Gasteiger partial charge in [-0.1, -0.05) is 0 Å². The molecule has 0 amide bonds. The fourth-order valence-corrected chi connectivity index (χ4v) is 1.62. The van der Waals surface area contributed by atoms with Gasteiger partial charge >= 0.3 is 5.97 Å². The zero-order chi connectivity index (χ0) is 14.4. The fraction of sp³-hybridized carbons (Fsp3) is 0.385. The predicted octanol–water partition coefficient (Wildman–Crippen LogP) is 0.465. The number of aldehydes is 1. The Morgan fingerprint density at radius 3 is 2.58 bits per heavy atom. The highest BCUT2D eigenvalue weighted by molar-refractivity contribution is 5.78. The Hall–Kier alpha value is -1.92. The van der Waals surface area contributed by atoms with Crippen molar-refractivity contribution in [1.29, 1.82) is 0 Å². The molecular formula is C13H16O6. The van der Waals surface area contributed by atoms with E-state index in [-0.39, 0.29) is 17.5 Å². The molecule has 2 atom stereocenters. The maximum absolute atomic E-state index is 11.0. The lowest BCUT2D eigenvalue weighted by atomic mass is 9.97. The first-order valence-electron chi connectivity index (χ1n) is 5.59. The van der Waals surface area contributed by atoms with Crippen molar-refractivity contribution in [3.8, 4) is 5.75 Å². The number of esters is 1. The van der Waals surface area contributed by atoms with Crippen molar-refractivity contribution in [1.82, 2.24) is 0 Å². The summed E-state index contributed by atoms with van der Waals surface area (Å²) in [6.07, 6.45) is -2.55. The van der Waals surface area contributed by atoms with Crippen molar-refractivity contribution in [2.24, 2.45) is 0 Å². The number of ether oxygens (including phenoxy) is 2. The van der Waals surface area contributed by atoms with Gasteiger partial charge in [-0.25, -0.2) is 0 Å². The minimum absolute atomic E-state index is 0.200. The first-order valence-corrected chi connectivity index (χ1v) is 5.59. The van der Waals surface area contributed by atoms with Gasteiger partial charge in [-0.15, -0.1) is 0 Å². The van der Waals surface area contributed by atoms with Crippen LogP contribution in [0.2, 0.25) is 0 Å². The van der Waals surface area contributed by atoms with Crippen LogP contribution in [-0.2, 0) is 9.53 Å². The second-order valence-electron chi connectivity index (χ2n) is 3.91. The maximum atomic E-state index is 11.0. The lowest BCUT2D eigenvalue weighted by Gasteiger charge is -2.19. The summed E-state index contributed by atoms with van der Waals surface area (Å²) < 4.78 is 9.39. The topological polar surface area (TPSA) is 93.1 Å². The zero-order valence-electron chi connectivity index (χ0n) is 10.7. The van der Waals surface area contributed by atoms with E-state index < -0.39 is 18.2 Å². The first kappa shape index (κ1) is 15.1. The molecular weight excluding hydrogens is 252 g/mol. The first-order chi connectivity index (χ1) is 9.03. The second-order valence-corrected chi connectivity index (χ2v) is 3.91. The average molecular weight is 268 g/mol. The number of rotatable bonds is 6. The normalized spacial score (nSPS) is 13.5. The molecule has 0 aliphatic rings. The number of hydrogen-bond acceptors (Lipinski definition) is 6. The molecule has 0 saturated carbocycles. The predicted molar refractivity (Wildman–Crippen MR) is 66.0 cm³/mol. The third-order valence-corrected chi connectivity index (χ3v) is 2.71. The van der Waals surface area contributed by atoms with Gasteiger partial charge in [0.25, 0.3) is 0 Å². The van der Waals surface area contributed by atoms with Crippen LogP contribution in [0.1, 0.15) is 28.4 Å². The van der Waals surface area contributed by atoms with E-state index in [1.54, 1.807) is 6.07 Å². The quantitative estimate of drug-likeness (QED) is 0.575. The van der Waals surface area contributed by atoms with Crippen LogP contribution in [-0.4, -0.2) is 42.8 Å². The van der Waals surface area contributed by atoms with Crippen LogP contribution in [0, 0.1) is 0 Å². The van der Waals surface area contributed by atoms with Gasteiger partial charge in [-0.3, -0.25) is 9.59 Å². The average Bonchev–Trinajstić information content (AvgIpc) is 2.45. The molecule has 0 radical (unpaired) electrons. The number of methoxy groups -OCH3 is 2. The summed E-state index contributed by atoms with van der Waals surface area (Å²) in [5.41, 5.74) is 0.419. The monoisotopic (exact) mass is 268 g/mol. The molecule has 2 N–H and O–H groups in total. The fourth-order valence-electron chi connectivity index (χ4n) is 1.62. The maximum Gasteiger partial charge on any atom is 0.308 e. The molecule has 19 heavy (non-hydrogen) atoms. The number of benzene rings is 1. The van der Waals surface area contributed by atoms with Crippen molar-refractivity contribution in [3.05, 3.63) is 29.3 Å². The SMILES string of the molecule is COC(=O)CC(O)C(O)c1cc(OC)ccc1C=O. The standard InChI is InChI=1S/C13H16O6/c1-18-9-4-3-8(7-14)10(5-9)13(17)11(15)6-12(16)19-2/h3-5,7,11,13,15,17H,6H2,1-2H3. The van der Waals surface area contributed by atoms with E-state index in [1.807, 2.05) is 0 Å². The Kier molecular flexibility index (Phi) is 5.47. The van der Waals surface area contributed by atoms with Crippen molar-refractivity contribution < 1.29 is 29.3 Å². The van der Waals surface area contributed by atoms with Crippen molar-refractivity contribution >= 4 is 12.3 Å². The second kappa shape index (κ2) is 6.86.